The number of rotatable bonds is 8. The lowest BCUT2D eigenvalue weighted by molar-refractivity contribution is -0.123. The number of sulfonamides is 1. The Balaban J connectivity index is 2.46. The fourth-order valence-corrected chi connectivity index (χ4v) is 3.60. The molecular weight excluding hydrogens is 399 g/mol. The van der Waals surface area contributed by atoms with Crippen molar-refractivity contribution in [3.63, 3.8) is 0 Å². The summed E-state index contributed by atoms with van der Waals surface area (Å²) in [6.07, 6.45) is 0.644. The fourth-order valence-electron chi connectivity index (χ4n) is 2.61. The van der Waals surface area contributed by atoms with Gasteiger partial charge in [0.15, 0.2) is 5.96 Å². The topological polar surface area (TPSA) is 103 Å². The van der Waals surface area contributed by atoms with Gasteiger partial charge in [0, 0.05) is 45.2 Å². The second-order valence-electron chi connectivity index (χ2n) is 6.89. The van der Waals surface area contributed by atoms with Crippen LogP contribution in [0.2, 0.25) is 0 Å². The fraction of sp³-hybridized carbons (Fsp3) is 0.875. The molecule has 164 valence electrons. The molecule has 0 aliphatic carbocycles. The van der Waals surface area contributed by atoms with Gasteiger partial charge < -0.3 is 16.0 Å². The van der Waals surface area contributed by atoms with Crippen LogP contribution in [0.5, 0.6) is 0 Å². The highest BCUT2D eigenvalue weighted by Crippen LogP contribution is 2.30. The molecule has 1 saturated heterocycles. The van der Waals surface area contributed by atoms with Crippen molar-refractivity contribution in [2.24, 2.45) is 16.8 Å². The monoisotopic (exact) mass is 429 g/mol. The zero-order valence-electron chi connectivity index (χ0n) is 16.5. The number of halogens is 3. The Hall–Kier alpha value is -1.56. The Morgan fingerprint density at radius 2 is 1.71 bits per heavy atom. The third-order valence-electron chi connectivity index (χ3n) is 4.30. The smallest absolute Gasteiger partial charge is 0.357 e. The van der Waals surface area contributed by atoms with Crippen LogP contribution in [-0.2, 0) is 14.8 Å². The van der Waals surface area contributed by atoms with Crippen LogP contribution in [0.3, 0.4) is 0 Å². The second kappa shape index (κ2) is 10.8. The highest BCUT2D eigenvalue weighted by molar-refractivity contribution is 7.90. The number of piperidine rings is 1. The lowest BCUT2D eigenvalue weighted by Crippen LogP contribution is -2.45. The van der Waals surface area contributed by atoms with Crippen LogP contribution in [0.1, 0.15) is 33.6 Å². The van der Waals surface area contributed by atoms with Gasteiger partial charge >= 0.3 is 15.5 Å². The first-order valence-corrected chi connectivity index (χ1v) is 10.8. The summed E-state index contributed by atoms with van der Waals surface area (Å²) < 4.78 is 61.1. The summed E-state index contributed by atoms with van der Waals surface area (Å²) in [6, 6.07) is 0. The molecule has 0 radical (unpaired) electrons. The average Bonchev–Trinajstić information content (AvgIpc) is 2.62. The van der Waals surface area contributed by atoms with E-state index in [0.717, 1.165) is 0 Å². The van der Waals surface area contributed by atoms with E-state index in [1.54, 1.807) is 13.8 Å². The Morgan fingerprint density at radius 3 is 2.21 bits per heavy atom. The lowest BCUT2D eigenvalue weighted by Gasteiger charge is -2.30. The van der Waals surface area contributed by atoms with Crippen molar-refractivity contribution >= 4 is 21.9 Å². The summed E-state index contributed by atoms with van der Waals surface area (Å²) in [6.45, 7) is 7.12. The van der Waals surface area contributed by atoms with Crippen LogP contribution in [0.25, 0.3) is 0 Å². The van der Waals surface area contributed by atoms with Gasteiger partial charge in [0.05, 0.1) is 0 Å². The van der Waals surface area contributed by atoms with E-state index in [-0.39, 0.29) is 30.8 Å². The molecule has 0 unspecified atom stereocenters. The third-order valence-corrected chi connectivity index (χ3v) is 5.93. The number of aliphatic imine (C=N–C) groups is 1. The number of alkyl halides is 3. The molecule has 12 heteroatoms. The molecule has 0 aromatic carbocycles. The first-order chi connectivity index (χ1) is 13.0. The standard InChI is InChI=1S/C16H30F3N5O3S/c1-4-20-15(22-8-7-21-14(25)12(2)3)23-11-13-5-9-24(10-6-13)28(26,27)16(17,18)19/h12-13H,4-11H2,1-3H3,(H,21,25)(H2,20,22,23). The molecule has 1 aliphatic rings. The lowest BCUT2D eigenvalue weighted by atomic mass is 9.98. The van der Waals surface area contributed by atoms with Gasteiger partial charge in [-0.3, -0.25) is 9.79 Å². The normalized spacial score (nSPS) is 17.6. The van der Waals surface area contributed by atoms with Gasteiger partial charge in [-0.05, 0) is 25.7 Å². The van der Waals surface area contributed by atoms with Gasteiger partial charge in [0.2, 0.25) is 5.91 Å². The molecular formula is C16H30F3N5O3S. The number of hydrogen-bond acceptors (Lipinski definition) is 4. The maximum Gasteiger partial charge on any atom is 0.511 e. The summed E-state index contributed by atoms with van der Waals surface area (Å²) in [5.41, 5.74) is -5.26. The minimum Gasteiger partial charge on any atom is -0.357 e. The van der Waals surface area contributed by atoms with E-state index in [9.17, 15) is 26.4 Å². The van der Waals surface area contributed by atoms with Crippen LogP contribution in [0.4, 0.5) is 13.2 Å². The summed E-state index contributed by atoms with van der Waals surface area (Å²) in [4.78, 5) is 15.9. The molecule has 0 spiro atoms. The number of hydrogen-bond donors (Lipinski definition) is 3. The van der Waals surface area contributed by atoms with Gasteiger partial charge in [-0.25, -0.2) is 8.42 Å². The number of amides is 1. The number of guanidine groups is 1. The van der Waals surface area contributed by atoms with Gasteiger partial charge in [0.25, 0.3) is 0 Å². The second-order valence-corrected chi connectivity index (χ2v) is 8.81. The first kappa shape index (κ1) is 24.5. The van der Waals surface area contributed by atoms with Crippen LogP contribution in [-0.4, -0.2) is 69.4 Å². The largest absolute Gasteiger partial charge is 0.511 e. The minimum absolute atomic E-state index is 0.00998. The van der Waals surface area contributed by atoms with Gasteiger partial charge in [-0.1, -0.05) is 13.8 Å². The van der Waals surface area contributed by atoms with E-state index in [4.69, 9.17) is 0 Å². The maximum atomic E-state index is 12.6. The van der Waals surface area contributed by atoms with Crippen molar-refractivity contribution < 1.29 is 26.4 Å². The van der Waals surface area contributed by atoms with Crippen LogP contribution in [0.15, 0.2) is 4.99 Å². The first-order valence-electron chi connectivity index (χ1n) is 9.35. The summed E-state index contributed by atoms with van der Waals surface area (Å²) in [5, 5.41) is 8.91. The average molecular weight is 430 g/mol. The molecule has 1 fully saturated rings. The van der Waals surface area contributed by atoms with E-state index in [0.29, 0.717) is 49.3 Å². The van der Waals surface area contributed by atoms with E-state index in [1.807, 2.05) is 6.92 Å². The van der Waals surface area contributed by atoms with Crippen molar-refractivity contribution in [1.29, 1.82) is 0 Å². The third kappa shape index (κ3) is 7.46. The van der Waals surface area contributed by atoms with Gasteiger partial charge in [0.1, 0.15) is 0 Å². The van der Waals surface area contributed by atoms with Crippen molar-refractivity contribution in [1.82, 2.24) is 20.3 Å². The summed E-state index contributed by atoms with van der Waals surface area (Å²) >= 11 is 0. The molecule has 0 bridgehead atoms. The molecule has 0 aromatic heterocycles. The predicted octanol–water partition coefficient (Wildman–Crippen LogP) is 0.875. The Morgan fingerprint density at radius 1 is 1.14 bits per heavy atom. The van der Waals surface area contributed by atoms with E-state index >= 15 is 0 Å². The Bertz CT molecular complexity index is 630. The van der Waals surface area contributed by atoms with Crippen molar-refractivity contribution in [3.8, 4) is 0 Å². The number of carbonyl (C=O) groups excluding carboxylic acids is 1. The predicted molar refractivity (Wildman–Crippen MR) is 101 cm³/mol. The Kier molecular flexibility index (Phi) is 9.48. The summed E-state index contributed by atoms with van der Waals surface area (Å²) in [7, 11) is -5.25. The molecule has 1 aliphatic heterocycles. The van der Waals surface area contributed by atoms with Crippen LogP contribution < -0.4 is 16.0 Å². The van der Waals surface area contributed by atoms with E-state index in [1.165, 1.54) is 0 Å². The quantitative estimate of drug-likeness (QED) is 0.302. The highest BCUT2D eigenvalue weighted by atomic mass is 32.2. The van der Waals surface area contributed by atoms with Crippen molar-refractivity contribution in [2.75, 3.05) is 39.3 Å². The molecule has 8 nitrogen and oxygen atoms in total. The van der Waals surface area contributed by atoms with Crippen LogP contribution in [0, 0.1) is 11.8 Å². The SMILES string of the molecule is CCNC(=NCC1CCN(S(=O)(=O)C(F)(F)F)CC1)NCCNC(=O)C(C)C. The highest BCUT2D eigenvalue weighted by Gasteiger charge is 2.50. The summed E-state index contributed by atoms with van der Waals surface area (Å²) in [5.74, 6) is 0.431. The van der Waals surface area contributed by atoms with Gasteiger partial charge in [-0.15, -0.1) is 0 Å². The Labute approximate surface area is 164 Å². The van der Waals surface area contributed by atoms with Crippen molar-refractivity contribution in [2.45, 2.75) is 39.1 Å². The molecule has 1 amide bonds. The molecule has 1 rings (SSSR count). The van der Waals surface area contributed by atoms with E-state index in [2.05, 4.69) is 20.9 Å². The molecule has 0 atom stereocenters. The molecule has 0 aromatic rings. The zero-order chi connectivity index (χ0) is 21.4. The van der Waals surface area contributed by atoms with E-state index < -0.39 is 15.5 Å². The molecule has 0 saturated carbocycles. The number of carbonyl (C=O) groups is 1. The molecule has 28 heavy (non-hydrogen) atoms. The maximum absolute atomic E-state index is 12.6. The minimum atomic E-state index is -5.26. The molecule has 3 N–H and O–H groups in total. The van der Waals surface area contributed by atoms with Crippen molar-refractivity contribution in [3.05, 3.63) is 0 Å². The number of nitrogens with zero attached hydrogens (tertiary/aromatic N) is 2. The van der Waals surface area contributed by atoms with Gasteiger partial charge in [-0.2, -0.15) is 17.5 Å². The van der Waals surface area contributed by atoms with Crippen LogP contribution >= 0.6 is 0 Å². The zero-order valence-corrected chi connectivity index (χ0v) is 17.3. The molecule has 1 heterocycles. The number of nitrogens with one attached hydrogen (secondary N) is 3.